The van der Waals surface area contributed by atoms with Gasteiger partial charge in [0, 0.05) is 12.1 Å². The van der Waals surface area contributed by atoms with E-state index < -0.39 is 28.3 Å². The zero-order chi connectivity index (χ0) is 14.2. The third-order valence-electron chi connectivity index (χ3n) is 2.40. The van der Waals surface area contributed by atoms with Crippen LogP contribution in [0.1, 0.15) is 18.7 Å². The summed E-state index contributed by atoms with van der Waals surface area (Å²) in [5.41, 5.74) is -1.04. The number of nitro benzene ring substituents is 1. The van der Waals surface area contributed by atoms with Crippen LogP contribution >= 0.6 is 0 Å². The molecule has 7 nitrogen and oxygen atoms in total. The third kappa shape index (κ3) is 2.40. The van der Waals surface area contributed by atoms with Crippen LogP contribution in [0.3, 0.4) is 0 Å². The molecule has 0 spiro atoms. The maximum absolute atomic E-state index is 13.6. The maximum atomic E-state index is 13.6. The minimum Gasteiger partial charge on any atom is -0.387 e. The second-order valence-corrected chi connectivity index (χ2v) is 3.78. The monoisotopic (exact) mass is 270 g/mol. The maximum Gasteiger partial charge on any atom is 0.307 e. The average molecular weight is 270 g/mol. The molecule has 0 aliphatic rings. The van der Waals surface area contributed by atoms with Crippen LogP contribution in [0.5, 0.6) is 0 Å². The molecule has 1 aromatic carbocycles. The first kappa shape index (κ1) is 13.0. The zero-order valence-electron chi connectivity index (χ0n) is 9.62. The Morgan fingerprint density at radius 3 is 2.63 bits per heavy atom. The number of hydrogen-bond donors (Lipinski definition) is 1. The topological polar surface area (TPSA) is 94.1 Å². The number of aliphatic hydroxyl groups excluding tert-OH is 1. The summed E-state index contributed by atoms with van der Waals surface area (Å²) in [5, 5.41) is 26.9. The number of rotatable bonds is 3. The van der Waals surface area contributed by atoms with E-state index in [2.05, 4.69) is 10.3 Å². The van der Waals surface area contributed by atoms with Crippen molar-refractivity contribution in [3.8, 4) is 5.69 Å². The van der Waals surface area contributed by atoms with Crippen molar-refractivity contribution < 1.29 is 18.8 Å². The van der Waals surface area contributed by atoms with Crippen molar-refractivity contribution in [3.63, 3.8) is 0 Å². The summed E-state index contributed by atoms with van der Waals surface area (Å²) in [6.45, 7) is 1.43. The largest absolute Gasteiger partial charge is 0.387 e. The molecule has 1 atom stereocenters. The molecular weight excluding hydrogens is 262 g/mol. The molecule has 9 heteroatoms. The van der Waals surface area contributed by atoms with E-state index in [1.807, 2.05) is 0 Å². The number of nitrogens with zero attached hydrogens (tertiary/aromatic N) is 4. The molecule has 0 bridgehead atoms. The molecule has 0 aliphatic heterocycles. The van der Waals surface area contributed by atoms with Gasteiger partial charge in [0.15, 0.2) is 5.82 Å². The fourth-order valence-corrected chi connectivity index (χ4v) is 1.43. The van der Waals surface area contributed by atoms with E-state index in [1.165, 1.54) is 13.1 Å². The lowest BCUT2D eigenvalue weighted by molar-refractivity contribution is -0.387. The SMILES string of the molecule is CC(O)c1cn(-c2cc([N+](=O)[O-])c(F)cc2F)nn1. The van der Waals surface area contributed by atoms with Crippen LogP contribution < -0.4 is 0 Å². The van der Waals surface area contributed by atoms with Gasteiger partial charge in [-0.1, -0.05) is 5.21 Å². The van der Waals surface area contributed by atoms with Crippen LogP contribution in [0.4, 0.5) is 14.5 Å². The van der Waals surface area contributed by atoms with Crippen molar-refractivity contribution in [2.24, 2.45) is 0 Å². The number of aromatic nitrogens is 3. The highest BCUT2D eigenvalue weighted by atomic mass is 19.1. The number of hydrogen-bond acceptors (Lipinski definition) is 5. The van der Waals surface area contributed by atoms with Gasteiger partial charge in [-0.05, 0) is 6.92 Å². The van der Waals surface area contributed by atoms with Crippen LogP contribution in [0.15, 0.2) is 18.3 Å². The molecule has 1 N–H and O–H groups in total. The summed E-state index contributed by atoms with van der Waals surface area (Å²) < 4.78 is 27.6. The number of halogens is 2. The van der Waals surface area contributed by atoms with Gasteiger partial charge in [0.05, 0.1) is 17.2 Å². The second kappa shape index (κ2) is 4.69. The van der Waals surface area contributed by atoms with Gasteiger partial charge < -0.3 is 5.11 Å². The number of nitro groups is 1. The summed E-state index contributed by atoms with van der Waals surface area (Å²) in [6, 6.07) is 1.11. The molecule has 1 heterocycles. The van der Waals surface area contributed by atoms with E-state index in [9.17, 15) is 24.0 Å². The molecule has 0 radical (unpaired) electrons. The lowest BCUT2D eigenvalue weighted by Gasteiger charge is -2.03. The molecule has 1 aromatic heterocycles. The first-order valence-corrected chi connectivity index (χ1v) is 5.14. The van der Waals surface area contributed by atoms with E-state index in [0.717, 1.165) is 4.68 Å². The quantitative estimate of drug-likeness (QED) is 0.673. The van der Waals surface area contributed by atoms with Crippen LogP contribution in [-0.2, 0) is 0 Å². The van der Waals surface area contributed by atoms with E-state index in [-0.39, 0.29) is 11.4 Å². The number of aliphatic hydroxyl groups is 1. The number of benzene rings is 1. The predicted molar refractivity (Wildman–Crippen MR) is 58.6 cm³/mol. The summed E-state index contributed by atoms with van der Waals surface area (Å²) >= 11 is 0. The highest BCUT2D eigenvalue weighted by Gasteiger charge is 2.20. The van der Waals surface area contributed by atoms with Gasteiger partial charge in [-0.3, -0.25) is 10.1 Å². The molecule has 0 aliphatic carbocycles. The summed E-state index contributed by atoms with van der Waals surface area (Å²) in [5.74, 6) is -2.30. The highest BCUT2D eigenvalue weighted by molar-refractivity contribution is 5.45. The molecule has 19 heavy (non-hydrogen) atoms. The molecule has 0 saturated carbocycles. The Labute approximate surface area is 105 Å². The van der Waals surface area contributed by atoms with Crippen LogP contribution in [0.25, 0.3) is 5.69 Å². The van der Waals surface area contributed by atoms with Crippen LogP contribution in [0.2, 0.25) is 0 Å². The molecular formula is C10H8F2N4O3. The van der Waals surface area contributed by atoms with Gasteiger partial charge in [-0.2, -0.15) is 4.39 Å². The Balaban J connectivity index is 2.54. The molecule has 100 valence electrons. The summed E-state index contributed by atoms with van der Waals surface area (Å²) in [4.78, 5) is 9.62. The fourth-order valence-electron chi connectivity index (χ4n) is 1.43. The predicted octanol–water partition coefficient (Wildman–Crippen LogP) is 1.51. The molecule has 1 unspecified atom stereocenters. The lowest BCUT2D eigenvalue weighted by Crippen LogP contribution is -2.02. The van der Waals surface area contributed by atoms with E-state index >= 15 is 0 Å². The Bertz CT molecular complexity index is 642. The fraction of sp³-hybridized carbons (Fsp3) is 0.200. The van der Waals surface area contributed by atoms with E-state index in [4.69, 9.17) is 0 Å². The normalized spacial score (nSPS) is 12.4. The third-order valence-corrected chi connectivity index (χ3v) is 2.40. The molecule has 2 rings (SSSR count). The molecule has 2 aromatic rings. The van der Waals surface area contributed by atoms with Crippen LogP contribution in [0, 0.1) is 21.7 Å². The van der Waals surface area contributed by atoms with Crippen molar-refractivity contribution in [2.45, 2.75) is 13.0 Å². The smallest absolute Gasteiger partial charge is 0.307 e. The van der Waals surface area contributed by atoms with Crippen LogP contribution in [-0.4, -0.2) is 25.0 Å². The second-order valence-electron chi connectivity index (χ2n) is 3.78. The summed E-state index contributed by atoms with van der Waals surface area (Å²) in [6.07, 6.45) is 0.275. The minimum absolute atomic E-state index is 0.159. The zero-order valence-corrected chi connectivity index (χ0v) is 9.62. The van der Waals surface area contributed by atoms with Gasteiger partial charge in [0.1, 0.15) is 11.4 Å². The van der Waals surface area contributed by atoms with Gasteiger partial charge in [0.2, 0.25) is 5.82 Å². The lowest BCUT2D eigenvalue weighted by atomic mass is 10.2. The van der Waals surface area contributed by atoms with Crippen molar-refractivity contribution >= 4 is 5.69 Å². The van der Waals surface area contributed by atoms with Gasteiger partial charge >= 0.3 is 5.69 Å². The van der Waals surface area contributed by atoms with Gasteiger partial charge in [0.25, 0.3) is 0 Å². The van der Waals surface area contributed by atoms with Crippen molar-refractivity contribution in [3.05, 3.63) is 45.8 Å². The van der Waals surface area contributed by atoms with E-state index in [1.54, 1.807) is 0 Å². The first-order valence-electron chi connectivity index (χ1n) is 5.14. The van der Waals surface area contributed by atoms with Crippen molar-refractivity contribution in [2.75, 3.05) is 0 Å². The Morgan fingerprint density at radius 1 is 1.42 bits per heavy atom. The average Bonchev–Trinajstić information content (AvgIpc) is 2.77. The van der Waals surface area contributed by atoms with Gasteiger partial charge in [-0.25, -0.2) is 9.07 Å². The van der Waals surface area contributed by atoms with Crippen molar-refractivity contribution in [1.82, 2.24) is 15.0 Å². The molecule has 0 saturated heterocycles. The summed E-state index contributed by atoms with van der Waals surface area (Å²) in [7, 11) is 0. The van der Waals surface area contributed by atoms with E-state index in [0.29, 0.717) is 12.1 Å². The molecule has 0 fully saturated rings. The Kier molecular flexibility index (Phi) is 3.21. The first-order chi connectivity index (χ1) is 8.90. The Hall–Kier alpha value is -2.42. The van der Waals surface area contributed by atoms with Gasteiger partial charge in [-0.15, -0.1) is 5.10 Å². The minimum atomic E-state index is -1.28. The Morgan fingerprint density at radius 2 is 2.11 bits per heavy atom. The highest BCUT2D eigenvalue weighted by Crippen LogP contribution is 2.24. The van der Waals surface area contributed by atoms with Crippen molar-refractivity contribution in [1.29, 1.82) is 0 Å². The standard InChI is InChI=1S/C10H8F2N4O3/c1-5(17)8-4-15(14-13-8)9-3-10(16(18)19)7(12)2-6(9)11/h2-5,17H,1H3. The molecule has 0 amide bonds.